The summed E-state index contributed by atoms with van der Waals surface area (Å²) in [5.41, 5.74) is 3.37. The van der Waals surface area contributed by atoms with E-state index in [4.69, 9.17) is 0 Å². The maximum Gasteiger partial charge on any atom is 0.0271 e. The van der Waals surface area contributed by atoms with Gasteiger partial charge in [-0.15, -0.1) is 0 Å². The quantitative estimate of drug-likeness (QED) is 0.466. The molecule has 0 aromatic heterocycles. The molecule has 0 aromatic rings. The largest absolute Gasteiger partial charge is 0.0750 e. The lowest BCUT2D eigenvalue weighted by Crippen LogP contribution is -2.07. The Morgan fingerprint density at radius 1 is 1.71 bits per heavy atom. The van der Waals surface area contributed by atoms with Gasteiger partial charge in [-0.1, -0.05) is 24.4 Å². The molecular weight excluding hydrogens is 132 g/mol. The summed E-state index contributed by atoms with van der Waals surface area (Å²) in [6.45, 7) is 4.95. The van der Waals surface area contributed by atoms with Gasteiger partial charge in [-0.2, -0.15) is 0 Å². The van der Waals surface area contributed by atoms with Crippen molar-refractivity contribution in [3.8, 4) is 0 Å². The summed E-state index contributed by atoms with van der Waals surface area (Å²) in [5.74, 6) is 0. The highest BCUT2D eigenvalue weighted by Crippen LogP contribution is 1.91. The molecule has 0 aliphatic carbocycles. The molecule has 0 fully saturated rings. The third kappa shape index (κ3) is 4.50. The highest BCUT2D eigenvalue weighted by Gasteiger charge is 1.95. The Bertz CT molecular complexity index is 37.9. The Balaban J connectivity index is 2.83. The van der Waals surface area contributed by atoms with Gasteiger partial charge in [0.2, 0.25) is 0 Å². The van der Waals surface area contributed by atoms with Gasteiger partial charge in [0.25, 0.3) is 0 Å². The van der Waals surface area contributed by atoms with Crippen LogP contribution in [0.2, 0.25) is 24.4 Å². The van der Waals surface area contributed by atoms with E-state index >= 15 is 0 Å². The van der Waals surface area contributed by atoms with Crippen molar-refractivity contribution in [3.05, 3.63) is 0 Å². The standard InChI is InChI=1S/C4H16Si3/c1-6-4-7(2)3-5/h7H,3-4,6H2,1-2,5H3. The van der Waals surface area contributed by atoms with Crippen LogP contribution < -0.4 is 0 Å². The molecule has 0 heterocycles. The number of hydrogen-bond acceptors (Lipinski definition) is 0. The fourth-order valence-electron chi connectivity index (χ4n) is 0.697. The molecule has 1 unspecified atom stereocenters. The minimum atomic E-state index is -0.0579. The Hall–Kier alpha value is 0.651. The van der Waals surface area contributed by atoms with Gasteiger partial charge in [0.05, 0.1) is 0 Å². The van der Waals surface area contributed by atoms with Gasteiger partial charge >= 0.3 is 0 Å². The fraction of sp³-hybridized carbons (Fsp3) is 1.00. The molecule has 0 aliphatic heterocycles. The molecule has 3 heteroatoms. The zero-order valence-corrected chi connectivity index (χ0v) is 10.3. The van der Waals surface area contributed by atoms with Crippen LogP contribution in [0.25, 0.3) is 0 Å². The van der Waals surface area contributed by atoms with Gasteiger partial charge in [-0.25, -0.2) is 0 Å². The summed E-state index contributed by atoms with van der Waals surface area (Å²) in [6.07, 6.45) is 0. The van der Waals surface area contributed by atoms with E-state index in [9.17, 15) is 0 Å². The van der Waals surface area contributed by atoms with Gasteiger partial charge in [0.1, 0.15) is 0 Å². The van der Waals surface area contributed by atoms with E-state index in [0.717, 1.165) is 0 Å². The van der Waals surface area contributed by atoms with Crippen LogP contribution in [0.4, 0.5) is 0 Å². The van der Waals surface area contributed by atoms with Crippen molar-refractivity contribution in [2.75, 3.05) is 0 Å². The predicted molar refractivity (Wildman–Crippen MR) is 47.0 cm³/mol. The minimum Gasteiger partial charge on any atom is -0.0750 e. The molecule has 1 atom stereocenters. The molecule has 0 rings (SSSR count). The first-order chi connectivity index (χ1) is 3.31. The van der Waals surface area contributed by atoms with Crippen LogP contribution in [0.15, 0.2) is 0 Å². The molecule has 0 aromatic carbocycles. The summed E-state index contributed by atoms with van der Waals surface area (Å²) in [7, 11) is 1.85. The summed E-state index contributed by atoms with van der Waals surface area (Å²) in [6, 6.07) is 0. The van der Waals surface area contributed by atoms with Crippen molar-refractivity contribution < 1.29 is 0 Å². The summed E-state index contributed by atoms with van der Waals surface area (Å²) in [4.78, 5) is 0. The van der Waals surface area contributed by atoms with Crippen molar-refractivity contribution in [3.63, 3.8) is 0 Å². The lowest BCUT2D eigenvalue weighted by Gasteiger charge is -1.99. The first-order valence-corrected chi connectivity index (χ1v) is 9.92. The van der Waals surface area contributed by atoms with Gasteiger partial charge in [-0.05, 0) is 10.2 Å². The van der Waals surface area contributed by atoms with Crippen molar-refractivity contribution in [1.29, 1.82) is 0 Å². The summed E-state index contributed by atoms with van der Waals surface area (Å²) in [5, 5.41) is 0. The molecular formula is C4H16Si3. The highest BCUT2D eigenvalue weighted by molar-refractivity contribution is 6.72. The Morgan fingerprint density at radius 3 is 2.43 bits per heavy atom. The average Bonchev–Trinajstić information content (AvgIpc) is 1.68. The monoisotopic (exact) mass is 148 g/mol. The smallest absolute Gasteiger partial charge is 0.0271 e. The molecule has 0 saturated carbocycles. The SMILES string of the molecule is C[SiH2]C[SiH](C)C[SiH3]. The maximum atomic E-state index is 2.52. The van der Waals surface area contributed by atoms with E-state index in [-0.39, 0.29) is 8.80 Å². The van der Waals surface area contributed by atoms with Crippen molar-refractivity contribution in [1.82, 2.24) is 0 Å². The first-order valence-electron chi connectivity index (χ1n) is 3.31. The topological polar surface area (TPSA) is 0 Å². The van der Waals surface area contributed by atoms with E-state index in [1.165, 1.54) is 10.2 Å². The minimum absolute atomic E-state index is 0.0579. The van der Waals surface area contributed by atoms with Crippen LogP contribution in [0, 0.1) is 0 Å². The van der Waals surface area contributed by atoms with E-state index < -0.39 is 0 Å². The molecule has 0 bridgehead atoms. The number of hydrogen-bond donors (Lipinski definition) is 0. The van der Waals surface area contributed by atoms with Crippen LogP contribution in [0.3, 0.4) is 0 Å². The van der Waals surface area contributed by atoms with E-state index in [1.807, 2.05) is 0 Å². The van der Waals surface area contributed by atoms with Gasteiger partial charge in [0, 0.05) is 18.3 Å². The zero-order chi connectivity index (χ0) is 5.70. The second-order valence-corrected chi connectivity index (χ2v) is 11.1. The van der Waals surface area contributed by atoms with E-state index in [0.29, 0.717) is 9.52 Å². The van der Waals surface area contributed by atoms with Crippen LogP contribution in [-0.2, 0) is 0 Å². The second kappa shape index (κ2) is 4.80. The zero-order valence-electron chi connectivity index (χ0n) is 5.70. The molecule has 0 amide bonds. The van der Waals surface area contributed by atoms with Crippen LogP contribution in [0.5, 0.6) is 0 Å². The normalized spacial score (nSPS) is 16.3. The van der Waals surface area contributed by atoms with Crippen molar-refractivity contribution in [2.24, 2.45) is 0 Å². The molecule has 44 valence electrons. The van der Waals surface area contributed by atoms with Crippen molar-refractivity contribution >= 4 is 28.6 Å². The van der Waals surface area contributed by atoms with Crippen LogP contribution in [-0.4, -0.2) is 28.6 Å². The Morgan fingerprint density at radius 2 is 2.29 bits per heavy atom. The number of rotatable bonds is 3. The highest BCUT2D eigenvalue weighted by atomic mass is 28.3. The molecule has 0 nitrogen and oxygen atoms in total. The third-order valence-corrected chi connectivity index (χ3v) is 13.3. The fourth-order valence-corrected chi connectivity index (χ4v) is 9.95. The molecule has 0 N–H and O–H groups in total. The maximum absolute atomic E-state index is 2.52. The molecule has 0 spiro atoms. The summed E-state index contributed by atoms with van der Waals surface area (Å²) >= 11 is 0. The van der Waals surface area contributed by atoms with Gasteiger partial charge < -0.3 is 0 Å². The molecule has 0 radical (unpaired) electrons. The summed E-state index contributed by atoms with van der Waals surface area (Å²) < 4.78 is 0. The Kier molecular flexibility index (Phi) is 5.25. The lowest BCUT2D eigenvalue weighted by atomic mass is 11.8. The molecule has 7 heavy (non-hydrogen) atoms. The third-order valence-electron chi connectivity index (χ3n) is 1.48. The predicted octanol–water partition coefficient (Wildman–Crippen LogP) is -0.659. The van der Waals surface area contributed by atoms with Gasteiger partial charge in [0.15, 0.2) is 0 Å². The molecule has 0 saturated heterocycles. The van der Waals surface area contributed by atoms with Gasteiger partial charge in [-0.3, -0.25) is 0 Å². The average molecular weight is 148 g/mol. The second-order valence-electron chi connectivity index (χ2n) is 2.30. The molecule has 0 aliphatic rings. The first kappa shape index (κ1) is 7.65. The Labute approximate surface area is 53.6 Å². The van der Waals surface area contributed by atoms with E-state index in [1.54, 1.807) is 11.3 Å². The van der Waals surface area contributed by atoms with Crippen molar-refractivity contribution in [2.45, 2.75) is 24.4 Å². The van der Waals surface area contributed by atoms with Crippen LogP contribution >= 0.6 is 0 Å². The van der Waals surface area contributed by atoms with E-state index in [2.05, 4.69) is 13.1 Å². The van der Waals surface area contributed by atoms with Crippen LogP contribution in [0.1, 0.15) is 0 Å². The lowest BCUT2D eigenvalue weighted by molar-refractivity contribution is 1.73.